The first-order valence-corrected chi connectivity index (χ1v) is 7.84. The number of hydrogen-bond acceptors (Lipinski definition) is 4. The molecule has 2 amide bonds. The quantitative estimate of drug-likeness (QED) is 0.859. The maximum atomic E-state index is 11.7. The Bertz CT molecular complexity index is 640. The van der Waals surface area contributed by atoms with E-state index in [4.69, 9.17) is 0 Å². The summed E-state index contributed by atoms with van der Waals surface area (Å²) in [6.07, 6.45) is 8.49. The van der Waals surface area contributed by atoms with Crippen molar-refractivity contribution < 1.29 is 4.79 Å². The highest BCUT2D eigenvalue weighted by Crippen LogP contribution is 2.19. The van der Waals surface area contributed by atoms with Crippen LogP contribution in [0.4, 0.5) is 16.3 Å². The molecule has 1 fully saturated rings. The Labute approximate surface area is 135 Å². The average molecular weight is 311 g/mol. The van der Waals surface area contributed by atoms with Gasteiger partial charge in [-0.25, -0.2) is 9.78 Å². The number of pyridine rings is 2. The van der Waals surface area contributed by atoms with Crippen molar-refractivity contribution in [3.8, 4) is 0 Å². The van der Waals surface area contributed by atoms with Crippen molar-refractivity contribution >= 4 is 17.5 Å². The summed E-state index contributed by atoms with van der Waals surface area (Å²) in [6.45, 7) is 0.890. The molecule has 0 spiro atoms. The Balaban J connectivity index is 1.50. The third-order valence-electron chi connectivity index (χ3n) is 3.83. The fourth-order valence-corrected chi connectivity index (χ4v) is 2.23. The molecule has 120 valence electrons. The van der Waals surface area contributed by atoms with Crippen LogP contribution in [0.5, 0.6) is 0 Å². The Morgan fingerprint density at radius 1 is 1.26 bits per heavy atom. The van der Waals surface area contributed by atoms with Crippen LogP contribution in [-0.2, 0) is 6.42 Å². The van der Waals surface area contributed by atoms with E-state index in [1.807, 2.05) is 43.7 Å². The normalized spacial score (nSPS) is 13.4. The van der Waals surface area contributed by atoms with Crippen molar-refractivity contribution in [3.05, 3.63) is 48.4 Å². The summed E-state index contributed by atoms with van der Waals surface area (Å²) in [6, 6.07) is 8.00. The summed E-state index contributed by atoms with van der Waals surface area (Å²) in [7, 11) is 2.03. The molecule has 0 saturated heterocycles. The van der Waals surface area contributed by atoms with E-state index in [0.29, 0.717) is 11.9 Å². The molecule has 2 aromatic rings. The van der Waals surface area contributed by atoms with Gasteiger partial charge in [0.25, 0.3) is 0 Å². The monoisotopic (exact) mass is 311 g/mol. The van der Waals surface area contributed by atoms with Gasteiger partial charge in [0, 0.05) is 32.0 Å². The van der Waals surface area contributed by atoms with Crippen molar-refractivity contribution in [3.63, 3.8) is 0 Å². The molecule has 0 atom stereocenters. The lowest BCUT2D eigenvalue weighted by atomic mass is 10.2. The summed E-state index contributed by atoms with van der Waals surface area (Å²) in [5.41, 5.74) is 2.28. The zero-order valence-electron chi connectivity index (χ0n) is 13.2. The Morgan fingerprint density at radius 2 is 2.04 bits per heavy atom. The molecule has 0 aliphatic heterocycles. The number of nitrogens with one attached hydrogen (secondary N) is 2. The molecule has 1 aliphatic carbocycles. The van der Waals surface area contributed by atoms with Gasteiger partial charge in [0.2, 0.25) is 0 Å². The molecule has 2 N–H and O–H groups in total. The van der Waals surface area contributed by atoms with Gasteiger partial charge >= 0.3 is 6.03 Å². The molecule has 2 aromatic heterocycles. The third kappa shape index (κ3) is 4.67. The van der Waals surface area contributed by atoms with Gasteiger partial charge in [0.1, 0.15) is 5.82 Å². The van der Waals surface area contributed by atoms with Crippen LogP contribution >= 0.6 is 0 Å². The highest BCUT2D eigenvalue weighted by molar-refractivity contribution is 5.88. The van der Waals surface area contributed by atoms with Crippen LogP contribution in [0.1, 0.15) is 18.4 Å². The first-order chi connectivity index (χ1) is 11.2. The lowest BCUT2D eigenvalue weighted by Gasteiger charge is -2.19. The maximum Gasteiger partial charge on any atom is 0.320 e. The van der Waals surface area contributed by atoms with Gasteiger partial charge in [0.15, 0.2) is 0 Å². The molecule has 0 radical (unpaired) electrons. The molecular weight excluding hydrogens is 290 g/mol. The molecule has 6 heteroatoms. The van der Waals surface area contributed by atoms with E-state index in [1.54, 1.807) is 6.20 Å². The van der Waals surface area contributed by atoms with Crippen LogP contribution in [0.2, 0.25) is 0 Å². The van der Waals surface area contributed by atoms with E-state index < -0.39 is 0 Å². The van der Waals surface area contributed by atoms with Crippen LogP contribution in [0.15, 0.2) is 42.9 Å². The number of rotatable bonds is 6. The number of nitrogens with zero attached hydrogens (tertiary/aromatic N) is 3. The van der Waals surface area contributed by atoms with Crippen LogP contribution in [0.3, 0.4) is 0 Å². The number of anilines is 2. The Kier molecular flexibility index (Phi) is 4.71. The molecule has 1 saturated carbocycles. The summed E-state index contributed by atoms with van der Waals surface area (Å²) in [5.74, 6) is 0.564. The number of carbonyl (C=O) groups excluding carboxylic acids is 1. The van der Waals surface area contributed by atoms with Crippen molar-refractivity contribution in [1.29, 1.82) is 0 Å². The molecule has 2 heterocycles. The molecule has 1 aliphatic rings. The molecular formula is C17H21N5O. The standard InChI is InChI=1S/C17H21N5O/c1-22(11-8-13-6-9-18-10-7-13)15-4-5-16(19-12-15)21-17(23)20-14-2-3-14/h4-7,9-10,12,14H,2-3,8,11H2,1H3,(H2,19,20,21,23). The Morgan fingerprint density at radius 3 is 2.70 bits per heavy atom. The topological polar surface area (TPSA) is 70.2 Å². The summed E-state index contributed by atoms with van der Waals surface area (Å²) >= 11 is 0. The predicted molar refractivity (Wildman–Crippen MR) is 90.6 cm³/mol. The SMILES string of the molecule is CN(CCc1ccncc1)c1ccc(NC(=O)NC2CC2)nc1. The third-order valence-corrected chi connectivity index (χ3v) is 3.83. The van der Waals surface area contributed by atoms with E-state index in [-0.39, 0.29) is 6.03 Å². The number of likely N-dealkylation sites (N-methyl/N-ethyl adjacent to an activating group) is 1. The second-order valence-electron chi connectivity index (χ2n) is 5.80. The minimum Gasteiger partial charge on any atom is -0.373 e. The second-order valence-corrected chi connectivity index (χ2v) is 5.80. The lowest BCUT2D eigenvalue weighted by molar-refractivity contribution is 0.251. The number of amides is 2. The van der Waals surface area contributed by atoms with Gasteiger partial charge in [0.05, 0.1) is 11.9 Å². The molecule has 0 bridgehead atoms. The number of carbonyl (C=O) groups is 1. The van der Waals surface area contributed by atoms with Gasteiger partial charge in [-0.3, -0.25) is 10.3 Å². The molecule has 0 unspecified atom stereocenters. The number of hydrogen-bond donors (Lipinski definition) is 2. The van der Waals surface area contributed by atoms with E-state index >= 15 is 0 Å². The molecule has 3 rings (SSSR count). The van der Waals surface area contributed by atoms with Crippen molar-refractivity contribution in [1.82, 2.24) is 15.3 Å². The minimum atomic E-state index is -0.182. The molecule has 6 nitrogen and oxygen atoms in total. The van der Waals surface area contributed by atoms with Crippen LogP contribution < -0.4 is 15.5 Å². The highest BCUT2D eigenvalue weighted by Gasteiger charge is 2.23. The molecule has 0 aromatic carbocycles. The maximum absolute atomic E-state index is 11.7. The first kappa shape index (κ1) is 15.3. The van der Waals surface area contributed by atoms with E-state index in [0.717, 1.165) is 31.5 Å². The zero-order valence-corrected chi connectivity index (χ0v) is 13.2. The second kappa shape index (κ2) is 7.09. The Hall–Kier alpha value is -2.63. The number of urea groups is 1. The van der Waals surface area contributed by atoms with E-state index in [9.17, 15) is 4.79 Å². The van der Waals surface area contributed by atoms with Crippen LogP contribution in [0, 0.1) is 0 Å². The fourth-order valence-electron chi connectivity index (χ4n) is 2.23. The first-order valence-electron chi connectivity index (χ1n) is 7.84. The van der Waals surface area contributed by atoms with Crippen molar-refractivity contribution in [2.45, 2.75) is 25.3 Å². The lowest BCUT2D eigenvalue weighted by Crippen LogP contribution is -2.30. The van der Waals surface area contributed by atoms with Crippen molar-refractivity contribution in [2.24, 2.45) is 0 Å². The smallest absolute Gasteiger partial charge is 0.320 e. The summed E-state index contributed by atoms with van der Waals surface area (Å²) in [5, 5.41) is 5.62. The summed E-state index contributed by atoms with van der Waals surface area (Å²) < 4.78 is 0. The van der Waals surface area contributed by atoms with E-state index in [1.165, 1.54) is 5.56 Å². The fraction of sp³-hybridized carbons (Fsp3) is 0.353. The zero-order chi connectivity index (χ0) is 16.1. The van der Waals surface area contributed by atoms with Gasteiger partial charge in [-0.05, 0) is 49.1 Å². The van der Waals surface area contributed by atoms with Gasteiger partial charge in [-0.1, -0.05) is 0 Å². The summed E-state index contributed by atoms with van der Waals surface area (Å²) in [4.78, 5) is 22.1. The van der Waals surface area contributed by atoms with Crippen LogP contribution in [0.25, 0.3) is 0 Å². The van der Waals surface area contributed by atoms with Gasteiger partial charge in [-0.15, -0.1) is 0 Å². The van der Waals surface area contributed by atoms with Gasteiger partial charge < -0.3 is 10.2 Å². The number of aromatic nitrogens is 2. The minimum absolute atomic E-state index is 0.182. The van der Waals surface area contributed by atoms with Crippen LogP contribution in [-0.4, -0.2) is 35.6 Å². The predicted octanol–water partition coefficient (Wildman–Crippen LogP) is 2.44. The van der Waals surface area contributed by atoms with Gasteiger partial charge in [-0.2, -0.15) is 0 Å². The van der Waals surface area contributed by atoms with E-state index in [2.05, 4.69) is 25.5 Å². The average Bonchev–Trinajstić information content (AvgIpc) is 3.38. The largest absolute Gasteiger partial charge is 0.373 e. The van der Waals surface area contributed by atoms with Crippen molar-refractivity contribution in [2.75, 3.05) is 23.8 Å². The highest BCUT2D eigenvalue weighted by atomic mass is 16.2. The molecule has 23 heavy (non-hydrogen) atoms.